The van der Waals surface area contributed by atoms with E-state index >= 15 is 0 Å². The van der Waals surface area contributed by atoms with Gasteiger partial charge in [0.15, 0.2) is 6.10 Å². The number of anilines is 1. The molecule has 154 valence electrons. The number of ether oxygens (including phenoxy) is 4. The van der Waals surface area contributed by atoms with E-state index in [1.165, 1.54) is 14.0 Å². The van der Waals surface area contributed by atoms with Crippen LogP contribution >= 0.6 is 0 Å². The molecule has 3 rings (SSSR count). The number of benzene rings is 2. The molecule has 0 saturated carbocycles. The third kappa shape index (κ3) is 5.71. The maximum Gasteiger partial charge on any atom is 0.338 e. The van der Waals surface area contributed by atoms with Crippen molar-refractivity contribution in [3.8, 4) is 11.5 Å². The Morgan fingerprint density at radius 1 is 1.17 bits per heavy atom. The highest BCUT2D eigenvalue weighted by Gasteiger charge is 2.20. The number of hydrogen-bond donors (Lipinski definition) is 1. The third-order valence-electron chi connectivity index (χ3n) is 4.57. The molecule has 1 aliphatic heterocycles. The van der Waals surface area contributed by atoms with Crippen molar-refractivity contribution in [1.29, 1.82) is 0 Å². The minimum atomic E-state index is -0.970. The molecule has 2 aromatic carbocycles. The molecule has 0 spiro atoms. The van der Waals surface area contributed by atoms with Crippen LogP contribution in [0.1, 0.15) is 30.1 Å². The molecule has 2 atom stereocenters. The number of methoxy groups -OCH3 is 1. The van der Waals surface area contributed by atoms with Crippen molar-refractivity contribution in [1.82, 2.24) is 0 Å². The summed E-state index contributed by atoms with van der Waals surface area (Å²) in [5, 5.41) is 2.70. The molecule has 0 unspecified atom stereocenters. The Kier molecular flexibility index (Phi) is 7.08. The Bertz CT molecular complexity index is 829. The molecular weight excluding hydrogens is 374 g/mol. The van der Waals surface area contributed by atoms with Gasteiger partial charge in [-0.05, 0) is 56.2 Å². The third-order valence-corrected chi connectivity index (χ3v) is 4.57. The van der Waals surface area contributed by atoms with Gasteiger partial charge in [0.25, 0.3) is 5.91 Å². The van der Waals surface area contributed by atoms with Gasteiger partial charge in [0.1, 0.15) is 18.1 Å². The maximum absolute atomic E-state index is 12.3. The van der Waals surface area contributed by atoms with E-state index in [1.54, 1.807) is 48.5 Å². The van der Waals surface area contributed by atoms with Gasteiger partial charge in [-0.15, -0.1) is 0 Å². The predicted octanol–water partition coefficient (Wildman–Crippen LogP) is 3.44. The first-order chi connectivity index (χ1) is 14.1. The van der Waals surface area contributed by atoms with Gasteiger partial charge >= 0.3 is 5.97 Å². The Morgan fingerprint density at radius 2 is 1.93 bits per heavy atom. The minimum absolute atomic E-state index is 0.127. The fraction of sp³-hybridized carbons (Fsp3) is 0.364. The van der Waals surface area contributed by atoms with E-state index in [1.807, 2.05) is 0 Å². The van der Waals surface area contributed by atoms with Gasteiger partial charge in [0.05, 0.1) is 24.5 Å². The van der Waals surface area contributed by atoms with E-state index in [4.69, 9.17) is 18.9 Å². The van der Waals surface area contributed by atoms with E-state index in [2.05, 4.69) is 5.32 Å². The van der Waals surface area contributed by atoms with Crippen LogP contribution in [0.4, 0.5) is 5.69 Å². The lowest BCUT2D eigenvalue weighted by atomic mass is 10.2. The van der Waals surface area contributed by atoms with Crippen LogP contribution in [0.5, 0.6) is 11.5 Å². The second kappa shape index (κ2) is 9.93. The molecule has 2 aromatic rings. The molecule has 1 N–H and O–H groups in total. The van der Waals surface area contributed by atoms with Crippen LogP contribution in [0.25, 0.3) is 0 Å². The Balaban J connectivity index is 1.51. The van der Waals surface area contributed by atoms with Crippen molar-refractivity contribution in [2.45, 2.75) is 32.0 Å². The zero-order chi connectivity index (χ0) is 20.6. The lowest BCUT2D eigenvalue weighted by Gasteiger charge is -2.15. The zero-order valence-electron chi connectivity index (χ0n) is 16.6. The summed E-state index contributed by atoms with van der Waals surface area (Å²) in [7, 11) is 1.52. The normalized spacial score (nSPS) is 16.7. The van der Waals surface area contributed by atoms with Gasteiger partial charge in [-0.1, -0.05) is 12.1 Å². The van der Waals surface area contributed by atoms with E-state index in [9.17, 15) is 9.59 Å². The summed E-state index contributed by atoms with van der Waals surface area (Å²) in [6.45, 7) is 2.79. The highest BCUT2D eigenvalue weighted by Crippen LogP contribution is 2.23. The van der Waals surface area contributed by atoms with Crippen molar-refractivity contribution in [2.75, 3.05) is 25.6 Å². The number of nitrogens with one attached hydrogen (secondary N) is 1. The maximum atomic E-state index is 12.3. The molecule has 1 aliphatic rings. The van der Waals surface area contributed by atoms with Crippen LogP contribution in [0, 0.1) is 0 Å². The smallest absolute Gasteiger partial charge is 0.338 e. The molecule has 1 heterocycles. The van der Waals surface area contributed by atoms with Crippen LogP contribution < -0.4 is 14.8 Å². The topological polar surface area (TPSA) is 83.1 Å². The SMILES string of the molecule is COc1ccccc1NC(=O)[C@@H](C)OC(=O)c1ccc(OC[C@@H]2CCCO2)cc1. The Labute approximate surface area is 169 Å². The molecule has 29 heavy (non-hydrogen) atoms. The number of carbonyl (C=O) groups excluding carboxylic acids is 2. The van der Waals surface area contributed by atoms with Crippen molar-refractivity contribution < 1.29 is 28.5 Å². The molecular formula is C22H25NO6. The molecule has 0 aromatic heterocycles. The average Bonchev–Trinajstić information content (AvgIpc) is 3.26. The molecule has 0 aliphatic carbocycles. The highest BCUT2D eigenvalue weighted by atomic mass is 16.5. The van der Waals surface area contributed by atoms with Crippen LogP contribution in [0.15, 0.2) is 48.5 Å². The van der Waals surface area contributed by atoms with Gasteiger partial charge < -0.3 is 24.3 Å². The second-order valence-corrected chi connectivity index (χ2v) is 6.71. The first-order valence-corrected chi connectivity index (χ1v) is 9.56. The van der Waals surface area contributed by atoms with Crippen LogP contribution in [0.2, 0.25) is 0 Å². The van der Waals surface area contributed by atoms with E-state index < -0.39 is 18.0 Å². The zero-order valence-corrected chi connectivity index (χ0v) is 16.6. The first-order valence-electron chi connectivity index (χ1n) is 9.56. The Hall–Kier alpha value is -3.06. The largest absolute Gasteiger partial charge is 0.495 e. The summed E-state index contributed by atoms with van der Waals surface area (Å²) in [5.74, 6) is 0.148. The summed E-state index contributed by atoms with van der Waals surface area (Å²) in [4.78, 5) is 24.7. The van der Waals surface area contributed by atoms with Crippen LogP contribution in [-0.2, 0) is 14.3 Å². The fourth-order valence-corrected chi connectivity index (χ4v) is 2.92. The highest BCUT2D eigenvalue weighted by molar-refractivity contribution is 5.98. The lowest BCUT2D eigenvalue weighted by molar-refractivity contribution is -0.123. The van der Waals surface area contributed by atoms with Crippen molar-refractivity contribution in [3.63, 3.8) is 0 Å². The first kappa shape index (κ1) is 20.7. The van der Waals surface area contributed by atoms with Crippen molar-refractivity contribution >= 4 is 17.6 Å². The Morgan fingerprint density at radius 3 is 2.62 bits per heavy atom. The fourth-order valence-electron chi connectivity index (χ4n) is 2.92. The van der Waals surface area contributed by atoms with E-state index in [0.29, 0.717) is 29.4 Å². The van der Waals surface area contributed by atoms with Crippen LogP contribution in [0.3, 0.4) is 0 Å². The monoisotopic (exact) mass is 399 g/mol. The molecule has 7 nitrogen and oxygen atoms in total. The molecule has 0 radical (unpaired) electrons. The van der Waals surface area contributed by atoms with Gasteiger partial charge in [-0.2, -0.15) is 0 Å². The number of amides is 1. The summed E-state index contributed by atoms with van der Waals surface area (Å²) < 4.78 is 21.7. The minimum Gasteiger partial charge on any atom is -0.495 e. The lowest BCUT2D eigenvalue weighted by Crippen LogP contribution is -2.30. The quantitative estimate of drug-likeness (QED) is 0.685. The van der Waals surface area contributed by atoms with Gasteiger partial charge in [0.2, 0.25) is 0 Å². The van der Waals surface area contributed by atoms with Gasteiger partial charge in [-0.3, -0.25) is 4.79 Å². The molecule has 7 heteroatoms. The van der Waals surface area contributed by atoms with E-state index in [0.717, 1.165) is 19.4 Å². The molecule has 1 saturated heterocycles. The summed E-state index contributed by atoms with van der Waals surface area (Å²) in [6.07, 6.45) is 1.21. The van der Waals surface area contributed by atoms with Gasteiger partial charge in [0, 0.05) is 6.61 Å². The van der Waals surface area contributed by atoms with Crippen molar-refractivity contribution in [2.24, 2.45) is 0 Å². The summed E-state index contributed by atoms with van der Waals surface area (Å²) in [5.41, 5.74) is 0.849. The van der Waals surface area contributed by atoms with Gasteiger partial charge in [-0.25, -0.2) is 4.79 Å². The summed E-state index contributed by atoms with van der Waals surface area (Å²) >= 11 is 0. The molecule has 1 fully saturated rings. The molecule has 1 amide bonds. The number of hydrogen-bond acceptors (Lipinski definition) is 6. The average molecular weight is 399 g/mol. The van der Waals surface area contributed by atoms with E-state index in [-0.39, 0.29) is 6.10 Å². The molecule has 0 bridgehead atoms. The number of para-hydroxylation sites is 2. The van der Waals surface area contributed by atoms with Crippen molar-refractivity contribution in [3.05, 3.63) is 54.1 Å². The number of esters is 1. The number of rotatable bonds is 8. The summed E-state index contributed by atoms with van der Waals surface area (Å²) in [6, 6.07) is 13.6. The second-order valence-electron chi connectivity index (χ2n) is 6.71. The number of carbonyl (C=O) groups is 2. The van der Waals surface area contributed by atoms with Crippen LogP contribution in [-0.4, -0.2) is 44.4 Å². The standard InChI is InChI=1S/C22H25NO6/c1-15(21(24)23-19-7-3-4-8-20(19)26-2)29-22(25)16-9-11-17(12-10-16)28-14-18-6-5-13-27-18/h3-4,7-12,15,18H,5-6,13-14H2,1-2H3,(H,23,24)/t15-,18+/m1/s1. The predicted molar refractivity (Wildman–Crippen MR) is 107 cm³/mol.